The van der Waals surface area contributed by atoms with Gasteiger partial charge in [0.1, 0.15) is 6.54 Å². The summed E-state index contributed by atoms with van der Waals surface area (Å²) < 4.78 is 0. The van der Waals surface area contributed by atoms with E-state index < -0.39 is 0 Å². The van der Waals surface area contributed by atoms with Crippen molar-refractivity contribution in [3.8, 4) is 0 Å². The number of benzene rings is 2. The third-order valence-electron chi connectivity index (χ3n) is 6.07. The topological polar surface area (TPSA) is 29.4 Å². The largest absolute Gasteiger partial charge is 0.150 e. The minimum atomic E-state index is 0.188. The van der Waals surface area contributed by atoms with Gasteiger partial charge in [0.25, 0.3) is 0 Å². The number of aryl methyl sites for hydroxylation is 1. The van der Waals surface area contributed by atoms with E-state index in [2.05, 4.69) is 58.5 Å². The van der Waals surface area contributed by atoms with Crippen LogP contribution in [0.3, 0.4) is 0 Å². The Morgan fingerprint density at radius 2 is 1.54 bits per heavy atom. The fourth-order valence-electron chi connectivity index (χ4n) is 4.09. The molecule has 136 valence electrons. The predicted molar refractivity (Wildman–Crippen MR) is 111 cm³/mol. The van der Waals surface area contributed by atoms with Crippen LogP contribution in [0.25, 0.3) is 5.57 Å². The zero-order chi connectivity index (χ0) is 19.1. The predicted octanol–water partition coefficient (Wildman–Crippen LogP) is 6.67. The molecule has 0 atom stereocenters. The first-order chi connectivity index (χ1) is 12.2. The van der Waals surface area contributed by atoms with Crippen LogP contribution in [0.5, 0.6) is 0 Å². The van der Waals surface area contributed by atoms with E-state index in [4.69, 9.17) is 0 Å². The highest BCUT2D eigenvalue weighted by atomic mass is 16.3. The molecule has 0 aliphatic heterocycles. The SMILES string of the molecule is C=C(c1ccc(CN=O)cc1)c1cc2c(cc1C)C(C)(C)CCC2(C)C. The van der Waals surface area contributed by atoms with Gasteiger partial charge in [0.15, 0.2) is 0 Å². The fraction of sp³-hybridized carbons (Fsp3) is 0.417. The van der Waals surface area contributed by atoms with Gasteiger partial charge in [-0.25, -0.2) is 0 Å². The molecule has 0 heterocycles. The average Bonchev–Trinajstić information content (AvgIpc) is 2.59. The van der Waals surface area contributed by atoms with Crippen molar-refractivity contribution in [2.75, 3.05) is 0 Å². The Balaban J connectivity index is 2.06. The third-order valence-corrected chi connectivity index (χ3v) is 6.07. The van der Waals surface area contributed by atoms with Gasteiger partial charge in [-0.1, -0.05) is 75.8 Å². The summed E-state index contributed by atoms with van der Waals surface area (Å²) in [5.74, 6) is 0. The molecule has 0 saturated heterocycles. The summed E-state index contributed by atoms with van der Waals surface area (Å²) in [4.78, 5) is 10.4. The van der Waals surface area contributed by atoms with Crippen LogP contribution in [0, 0.1) is 11.8 Å². The van der Waals surface area contributed by atoms with Gasteiger partial charge in [-0.3, -0.25) is 0 Å². The summed E-state index contributed by atoms with van der Waals surface area (Å²) in [6, 6.07) is 12.7. The molecule has 2 nitrogen and oxygen atoms in total. The van der Waals surface area contributed by atoms with Gasteiger partial charge in [0.05, 0.1) is 0 Å². The molecule has 0 saturated carbocycles. The van der Waals surface area contributed by atoms with Crippen molar-refractivity contribution >= 4 is 5.57 Å². The maximum absolute atomic E-state index is 10.4. The molecule has 0 aromatic heterocycles. The minimum absolute atomic E-state index is 0.188. The smallest absolute Gasteiger partial charge is 0.106 e. The second-order valence-electron chi connectivity index (χ2n) is 8.94. The normalized spacial score (nSPS) is 17.4. The van der Waals surface area contributed by atoms with E-state index in [-0.39, 0.29) is 17.4 Å². The van der Waals surface area contributed by atoms with E-state index in [1.165, 1.54) is 35.1 Å². The van der Waals surface area contributed by atoms with Crippen LogP contribution in [-0.4, -0.2) is 0 Å². The van der Waals surface area contributed by atoms with Crippen molar-refractivity contribution in [2.45, 2.75) is 64.8 Å². The quantitative estimate of drug-likeness (QED) is 0.568. The van der Waals surface area contributed by atoms with Crippen LogP contribution in [0.2, 0.25) is 0 Å². The van der Waals surface area contributed by atoms with E-state index >= 15 is 0 Å². The van der Waals surface area contributed by atoms with Crippen molar-refractivity contribution in [3.63, 3.8) is 0 Å². The molecule has 26 heavy (non-hydrogen) atoms. The number of nitroso groups, excluding NO2 is 1. The lowest BCUT2D eigenvalue weighted by Crippen LogP contribution is -2.34. The van der Waals surface area contributed by atoms with Crippen LogP contribution in [0.15, 0.2) is 48.2 Å². The van der Waals surface area contributed by atoms with Gasteiger partial charge >= 0.3 is 0 Å². The molecule has 0 N–H and O–H groups in total. The fourth-order valence-corrected chi connectivity index (χ4v) is 4.09. The molecule has 0 radical (unpaired) electrons. The third kappa shape index (κ3) is 3.25. The molecule has 3 rings (SSSR count). The molecule has 0 spiro atoms. The van der Waals surface area contributed by atoms with Crippen molar-refractivity contribution in [3.05, 3.63) is 81.3 Å². The van der Waals surface area contributed by atoms with Gasteiger partial charge in [0, 0.05) is 0 Å². The number of fused-ring (bicyclic) bond motifs is 1. The second-order valence-corrected chi connectivity index (χ2v) is 8.94. The lowest BCUT2D eigenvalue weighted by molar-refractivity contribution is 0.331. The Labute approximate surface area is 157 Å². The molecule has 0 fully saturated rings. The molecular weight excluding hydrogens is 318 g/mol. The van der Waals surface area contributed by atoms with E-state index in [1.807, 2.05) is 24.3 Å². The monoisotopic (exact) mass is 347 g/mol. The first kappa shape index (κ1) is 18.6. The standard InChI is InChI=1S/C24H29NO/c1-16-13-21-22(24(5,6)12-11-23(21,3)4)14-20(16)17(2)19-9-7-18(8-10-19)15-25-26/h7-10,13-14H,2,11-12,15H2,1,3-6H3. The van der Waals surface area contributed by atoms with Crippen LogP contribution in [0.4, 0.5) is 0 Å². The molecule has 0 amide bonds. The maximum atomic E-state index is 10.4. The van der Waals surface area contributed by atoms with Crippen LogP contribution >= 0.6 is 0 Å². The highest BCUT2D eigenvalue weighted by Crippen LogP contribution is 2.47. The van der Waals surface area contributed by atoms with Gasteiger partial charge in [-0.2, -0.15) is 4.91 Å². The van der Waals surface area contributed by atoms with E-state index in [0.29, 0.717) is 0 Å². The van der Waals surface area contributed by atoms with Crippen LogP contribution in [0.1, 0.15) is 73.9 Å². The zero-order valence-corrected chi connectivity index (χ0v) is 16.6. The highest BCUT2D eigenvalue weighted by molar-refractivity contribution is 5.80. The summed E-state index contributed by atoms with van der Waals surface area (Å²) in [6.45, 7) is 16.2. The molecule has 0 bridgehead atoms. The van der Waals surface area contributed by atoms with Crippen molar-refractivity contribution in [1.29, 1.82) is 0 Å². The van der Waals surface area contributed by atoms with Gasteiger partial charge in [0.2, 0.25) is 0 Å². The van der Waals surface area contributed by atoms with Crippen molar-refractivity contribution < 1.29 is 0 Å². The molecule has 2 heteroatoms. The summed E-state index contributed by atoms with van der Waals surface area (Å²) in [5, 5.41) is 2.96. The number of hydrogen-bond donors (Lipinski definition) is 0. The van der Waals surface area contributed by atoms with Crippen molar-refractivity contribution in [1.82, 2.24) is 0 Å². The van der Waals surface area contributed by atoms with E-state index in [0.717, 1.165) is 16.7 Å². The lowest BCUT2D eigenvalue weighted by atomic mass is 9.62. The number of rotatable bonds is 4. The van der Waals surface area contributed by atoms with Gasteiger partial charge in [-0.05, 0) is 69.5 Å². The Hall–Kier alpha value is -2.22. The summed E-state index contributed by atoms with van der Waals surface area (Å²) in [5.41, 5.74) is 8.90. The molecule has 0 unspecified atom stereocenters. The Kier molecular flexibility index (Phi) is 4.64. The molecule has 2 aromatic carbocycles. The number of nitrogens with zero attached hydrogens (tertiary/aromatic N) is 1. The number of hydrogen-bond acceptors (Lipinski definition) is 2. The van der Waals surface area contributed by atoms with E-state index in [9.17, 15) is 4.91 Å². The summed E-state index contributed by atoms with van der Waals surface area (Å²) >= 11 is 0. The Morgan fingerprint density at radius 1 is 1.00 bits per heavy atom. The highest BCUT2D eigenvalue weighted by Gasteiger charge is 2.37. The molecule has 1 aliphatic rings. The summed E-state index contributed by atoms with van der Waals surface area (Å²) in [7, 11) is 0. The first-order valence-electron chi connectivity index (χ1n) is 9.39. The Morgan fingerprint density at radius 3 is 2.08 bits per heavy atom. The Bertz CT molecular complexity index is 857. The maximum Gasteiger partial charge on any atom is 0.106 e. The second kappa shape index (κ2) is 6.50. The van der Waals surface area contributed by atoms with Crippen LogP contribution < -0.4 is 0 Å². The first-order valence-corrected chi connectivity index (χ1v) is 9.39. The average molecular weight is 348 g/mol. The molecular formula is C24H29NO. The zero-order valence-electron chi connectivity index (χ0n) is 16.6. The molecule has 1 aliphatic carbocycles. The molecule has 2 aromatic rings. The minimum Gasteiger partial charge on any atom is -0.150 e. The summed E-state index contributed by atoms with van der Waals surface area (Å²) in [6.07, 6.45) is 2.42. The van der Waals surface area contributed by atoms with E-state index in [1.54, 1.807) is 0 Å². The van der Waals surface area contributed by atoms with Gasteiger partial charge in [-0.15, -0.1) is 0 Å². The lowest BCUT2D eigenvalue weighted by Gasteiger charge is -2.42. The van der Waals surface area contributed by atoms with Crippen LogP contribution in [-0.2, 0) is 17.4 Å². The van der Waals surface area contributed by atoms with Crippen molar-refractivity contribution in [2.24, 2.45) is 5.18 Å². The van der Waals surface area contributed by atoms with Gasteiger partial charge < -0.3 is 0 Å².